The number of hydrogen-bond donors (Lipinski definition) is 9. The molecule has 0 spiro atoms. The summed E-state index contributed by atoms with van der Waals surface area (Å²) in [6.07, 6.45) is -15.4. The fraction of sp³-hybridized carbons (Fsp3) is 0.815. The van der Waals surface area contributed by atoms with Crippen molar-refractivity contribution in [2.45, 2.75) is 127 Å². The SMILES string of the molecule is CC(=O)NC1C(O[C@@H]2O[C@@H](C)[C@@H](O)C(O[C@@H]3OC(C(=O)O)[C@@H](O)C(O)C3O)C2NC(C)=O)=C(O)C(C)O[C@H]1OCCCCCN. The molecular formula is C27H45N3O15. The minimum absolute atomic E-state index is 0.225. The molecule has 0 radical (unpaired) electrons. The molecule has 0 aromatic heterocycles. The average molecular weight is 652 g/mol. The Balaban J connectivity index is 1.92. The predicted molar refractivity (Wildman–Crippen MR) is 149 cm³/mol. The second-order valence-electron chi connectivity index (χ2n) is 11.2. The zero-order valence-electron chi connectivity index (χ0n) is 25.5. The minimum atomic E-state index is -2.00. The van der Waals surface area contributed by atoms with Crippen molar-refractivity contribution in [2.24, 2.45) is 5.73 Å². The Labute approximate surface area is 259 Å². The van der Waals surface area contributed by atoms with E-state index in [2.05, 4.69) is 10.6 Å². The molecule has 3 rings (SSSR count). The summed E-state index contributed by atoms with van der Waals surface area (Å²) in [6.45, 7) is 6.07. The maximum atomic E-state index is 12.3. The van der Waals surface area contributed by atoms with Crippen molar-refractivity contribution in [3.8, 4) is 0 Å². The first-order valence-corrected chi connectivity index (χ1v) is 14.7. The topological polar surface area (TPSA) is 278 Å². The van der Waals surface area contributed by atoms with Gasteiger partial charge in [-0.3, -0.25) is 9.59 Å². The second kappa shape index (κ2) is 16.3. The Hall–Kier alpha value is -2.65. The molecule has 7 unspecified atom stereocenters. The third-order valence-corrected chi connectivity index (χ3v) is 7.55. The molecule has 258 valence electrons. The molecule has 18 nitrogen and oxygen atoms in total. The molecule has 0 aromatic rings. The summed E-state index contributed by atoms with van der Waals surface area (Å²) in [5, 5.41) is 67.4. The maximum Gasteiger partial charge on any atom is 0.335 e. The van der Waals surface area contributed by atoms with Gasteiger partial charge < -0.3 is 75.4 Å². The normalized spacial score (nSPS) is 38.8. The van der Waals surface area contributed by atoms with E-state index in [1.165, 1.54) is 20.8 Å². The van der Waals surface area contributed by atoms with Crippen LogP contribution in [-0.4, -0.2) is 141 Å². The Morgan fingerprint density at radius 2 is 1.51 bits per heavy atom. The predicted octanol–water partition coefficient (Wildman–Crippen LogP) is -2.94. The number of aliphatic carboxylic acids is 1. The van der Waals surface area contributed by atoms with Gasteiger partial charge in [0, 0.05) is 20.5 Å². The summed E-state index contributed by atoms with van der Waals surface area (Å²) < 4.78 is 34.6. The standard InChI is InChI=1S/C27H45N3O15/c1-10-16(33)21(14(29-12(3)31)25(41-10)40-9-7-5-6-8-28)43-26-15(30-13(4)32)22(17(34)11(2)42-26)44-27-20(37)18(35)19(36)23(45-27)24(38)39/h10-11,14-15,17-20,22-23,25-27,33-37H,5-9,28H2,1-4H3,(H,29,31)(H,30,32)(H,38,39)/t10?,11-,14?,15?,17+,18?,19-,20?,22?,23?,25+,26-,27+/m0/s1. The quantitative estimate of drug-likeness (QED) is 0.0901. The van der Waals surface area contributed by atoms with Crippen molar-refractivity contribution in [3.63, 3.8) is 0 Å². The van der Waals surface area contributed by atoms with Crippen LogP contribution < -0.4 is 16.4 Å². The highest BCUT2D eigenvalue weighted by Gasteiger charge is 2.53. The molecule has 10 N–H and O–H groups in total. The van der Waals surface area contributed by atoms with E-state index in [1.54, 1.807) is 0 Å². The molecule has 0 bridgehead atoms. The molecule has 3 heterocycles. The lowest BCUT2D eigenvalue weighted by Gasteiger charge is -2.47. The maximum absolute atomic E-state index is 12.3. The van der Waals surface area contributed by atoms with E-state index in [4.69, 9.17) is 34.2 Å². The van der Waals surface area contributed by atoms with Crippen molar-refractivity contribution < 1.29 is 73.4 Å². The number of carbonyl (C=O) groups excluding carboxylic acids is 2. The highest BCUT2D eigenvalue weighted by Crippen LogP contribution is 2.34. The summed E-state index contributed by atoms with van der Waals surface area (Å²) >= 11 is 0. The van der Waals surface area contributed by atoms with Gasteiger partial charge in [0.2, 0.25) is 18.1 Å². The van der Waals surface area contributed by atoms with Crippen molar-refractivity contribution >= 4 is 17.8 Å². The number of carboxylic acids is 1. The second-order valence-corrected chi connectivity index (χ2v) is 11.2. The lowest BCUT2D eigenvalue weighted by atomic mass is 9.95. The highest BCUT2D eigenvalue weighted by molar-refractivity contribution is 5.74. The first kappa shape index (κ1) is 36.8. The first-order chi connectivity index (χ1) is 21.2. The van der Waals surface area contributed by atoms with Crippen LogP contribution >= 0.6 is 0 Å². The monoisotopic (exact) mass is 651 g/mol. The van der Waals surface area contributed by atoms with Crippen LogP contribution in [0, 0.1) is 0 Å². The summed E-state index contributed by atoms with van der Waals surface area (Å²) in [6, 6.07) is -2.60. The van der Waals surface area contributed by atoms with Gasteiger partial charge in [0.1, 0.15) is 48.7 Å². The van der Waals surface area contributed by atoms with Crippen molar-refractivity contribution in [1.82, 2.24) is 10.6 Å². The number of carbonyl (C=O) groups is 3. The Kier molecular flexibility index (Phi) is 13.3. The van der Waals surface area contributed by atoms with Gasteiger partial charge in [-0.1, -0.05) is 0 Å². The number of aliphatic hydroxyl groups is 5. The van der Waals surface area contributed by atoms with Gasteiger partial charge in [0.25, 0.3) is 0 Å². The van der Waals surface area contributed by atoms with Gasteiger partial charge in [-0.25, -0.2) is 4.79 Å². The summed E-state index contributed by atoms with van der Waals surface area (Å²) in [5.41, 5.74) is 5.54. The lowest BCUT2D eigenvalue weighted by molar-refractivity contribution is -0.336. The van der Waals surface area contributed by atoms with Crippen LogP contribution in [-0.2, 0) is 42.8 Å². The zero-order chi connectivity index (χ0) is 33.6. The van der Waals surface area contributed by atoms with Gasteiger partial charge in [-0.2, -0.15) is 0 Å². The molecule has 2 fully saturated rings. The van der Waals surface area contributed by atoms with E-state index in [9.17, 15) is 45.0 Å². The number of aliphatic hydroxyl groups excluding tert-OH is 5. The molecule has 2 amide bonds. The molecule has 18 heteroatoms. The van der Waals surface area contributed by atoms with E-state index < -0.39 is 103 Å². The van der Waals surface area contributed by atoms with E-state index in [-0.39, 0.29) is 12.4 Å². The smallest absolute Gasteiger partial charge is 0.335 e. The van der Waals surface area contributed by atoms with Gasteiger partial charge in [0.05, 0.1) is 6.10 Å². The number of ether oxygens (including phenoxy) is 6. The van der Waals surface area contributed by atoms with Crippen LogP contribution in [0.5, 0.6) is 0 Å². The summed E-state index contributed by atoms with van der Waals surface area (Å²) in [7, 11) is 0. The van der Waals surface area contributed by atoms with Gasteiger partial charge in [-0.05, 0) is 39.7 Å². The fourth-order valence-electron chi connectivity index (χ4n) is 5.18. The number of hydrogen-bond acceptors (Lipinski definition) is 15. The van der Waals surface area contributed by atoms with Gasteiger partial charge >= 0.3 is 5.97 Å². The molecule has 3 aliphatic rings. The van der Waals surface area contributed by atoms with Crippen molar-refractivity contribution in [3.05, 3.63) is 11.5 Å². The summed E-state index contributed by atoms with van der Waals surface area (Å²) in [4.78, 5) is 36.1. The van der Waals surface area contributed by atoms with E-state index >= 15 is 0 Å². The Morgan fingerprint density at radius 1 is 0.844 bits per heavy atom. The molecule has 0 aromatic carbocycles. The van der Waals surface area contributed by atoms with Crippen LogP contribution in [0.25, 0.3) is 0 Å². The number of nitrogens with one attached hydrogen (secondary N) is 2. The molecule has 0 aliphatic carbocycles. The van der Waals surface area contributed by atoms with Crippen molar-refractivity contribution in [1.29, 1.82) is 0 Å². The Morgan fingerprint density at radius 3 is 2.11 bits per heavy atom. The van der Waals surface area contributed by atoms with Crippen LogP contribution in [0.4, 0.5) is 0 Å². The highest BCUT2D eigenvalue weighted by atomic mass is 16.7. The zero-order valence-corrected chi connectivity index (χ0v) is 25.5. The summed E-state index contributed by atoms with van der Waals surface area (Å²) in [5.74, 6) is -3.47. The van der Waals surface area contributed by atoms with Crippen LogP contribution in [0.2, 0.25) is 0 Å². The molecular weight excluding hydrogens is 606 g/mol. The largest absolute Gasteiger partial charge is 0.506 e. The molecule has 45 heavy (non-hydrogen) atoms. The third-order valence-electron chi connectivity index (χ3n) is 7.55. The number of amides is 2. The van der Waals surface area contributed by atoms with Gasteiger partial charge in [-0.15, -0.1) is 0 Å². The average Bonchev–Trinajstić information content (AvgIpc) is 2.96. The fourth-order valence-corrected chi connectivity index (χ4v) is 5.18. The Bertz CT molecular complexity index is 1060. The van der Waals surface area contributed by atoms with Crippen LogP contribution in [0.15, 0.2) is 11.5 Å². The van der Waals surface area contributed by atoms with Crippen LogP contribution in [0.1, 0.15) is 47.0 Å². The van der Waals surface area contributed by atoms with E-state index in [0.29, 0.717) is 13.0 Å². The van der Waals surface area contributed by atoms with Gasteiger partial charge in [0.15, 0.2) is 30.2 Å². The number of unbranched alkanes of at least 4 members (excludes halogenated alkanes) is 2. The van der Waals surface area contributed by atoms with Crippen LogP contribution in [0.3, 0.4) is 0 Å². The molecule has 3 aliphatic heterocycles. The lowest BCUT2D eigenvalue weighted by Crippen LogP contribution is -2.67. The van der Waals surface area contributed by atoms with E-state index in [0.717, 1.165) is 19.8 Å². The number of carboxylic acid groups (broad SMARTS) is 1. The molecule has 13 atom stereocenters. The molecule has 2 saturated heterocycles. The van der Waals surface area contributed by atoms with Crippen molar-refractivity contribution in [2.75, 3.05) is 13.2 Å². The van der Waals surface area contributed by atoms with E-state index in [1.807, 2.05) is 0 Å². The minimum Gasteiger partial charge on any atom is -0.506 e. The molecule has 0 saturated carbocycles. The third kappa shape index (κ3) is 9.00. The number of rotatable bonds is 13. The first-order valence-electron chi connectivity index (χ1n) is 14.7. The number of nitrogens with two attached hydrogens (primary N) is 1.